The summed E-state index contributed by atoms with van der Waals surface area (Å²) in [7, 11) is 0. The van der Waals surface area contributed by atoms with Gasteiger partial charge in [0.2, 0.25) is 0 Å². The minimum atomic E-state index is 0.796. The highest BCUT2D eigenvalue weighted by Gasteiger charge is 2.01. The molecule has 0 fully saturated rings. The lowest BCUT2D eigenvalue weighted by Crippen LogP contribution is -1.91. The molecule has 0 aliphatic rings. The molecule has 0 N–H and O–H groups in total. The summed E-state index contributed by atoms with van der Waals surface area (Å²) in [5.74, 6) is 0. The fourth-order valence-corrected chi connectivity index (χ4v) is 1.38. The Morgan fingerprint density at radius 2 is 1.92 bits per heavy atom. The lowest BCUT2D eigenvalue weighted by atomic mass is 9.99. The fourth-order valence-electron chi connectivity index (χ4n) is 1.38. The highest BCUT2D eigenvalue weighted by molar-refractivity contribution is 5.43. The van der Waals surface area contributed by atoms with Gasteiger partial charge in [-0.15, -0.1) is 0 Å². The van der Waals surface area contributed by atoms with E-state index in [0.29, 0.717) is 0 Å². The molecule has 1 aromatic rings. The van der Waals surface area contributed by atoms with Crippen LogP contribution < -0.4 is 0 Å². The minimum absolute atomic E-state index is 0.796. The van der Waals surface area contributed by atoms with Crippen molar-refractivity contribution in [3.05, 3.63) is 34.4 Å². The maximum atomic E-state index is 8.76. The Morgan fingerprint density at radius 3 is 2.42 bits per heavy atom. The molecule has 0 spiro atoms. The molecule has 0 bridgehead atoms. The van der Waals surface area contributed by atoms with Crippen LogP contribution in [0.1, 0.15) is 29.2 Å². The van der Waals surface area contributed by atoms with Gasteiger partial charge in [-0.05, 0) is 43.0 Å². The summed E-state index contributed by atoms with van der Waals surface area (Å²) in [6.07, 6.45) is 1.04. The molecule has 12 heavy (non-hydrogen) atoms. The SMILES string of the molecule is CCc1cc(C)c(C#N)cc1C. The number of hydrogen-bond acceptors (Lipinski definition) is 1. The molecule has 0 atom stereocenters. The van der Waals surface area contributed by atoms with Crippen molar-refractivity contribution in [2.24, 2.45) is 0 Å². The number of nitriles is 1. The molecule has 0 saturated carbocycles. The molecule has 0 aliphatic carbocycles. The Balaban J connectivity index is 3.28. The number of hydrogen-bond donors (Lipinski definition) is 0. The van der Waals surface area contributed by atoms with E-state index in [4.69, 9.17) is 5.26 Å². The van der Waals surface area contributed by atoms with E-state index in [2.05, 4.69) is 26.0 Å². The Labute approximate surface area is 73.6 Å². The quantitative estimate of drug-likeness (QED) is 0.618. The van der Waals surface area contributed by atoms with E-state index >= 15 is 0 Å². The Hall–Kier alpha value is -1.29. The van der Waals surface area contributed by atoms with Crippen molar-refractivity contribution >= 4 is 0 Å². The molecule has 1 aromatic carbocycles. The van der Waals surface area contributed by atoms with Gasteiger partial charge in [0.25, 0.3) is 0 Å². The monoisotopic (exact) mass is 159 g/mol. The van der Waals surface area contributed by atoms with Crippen molar-refractivity contribution in [3.8, 4) is 6.07 Å². The van der Waals surface area contributed by atoms with Gasteiger partial charge in [-0.1, -0.05) is 13.0 Å². The van der Waals surface area contributed by atoms with E-state index in [1.165, 1.54) is 11.1 Å². The highest BCUT2D eigenvalue weighted by atomic mass is 14.2. The largest absolute Gasteiger partial charge is 0.192 e. The van der Waals surface area contributed by atoms with Crippen LogP contribution >= 0.6 is 0 Å². The summed E-state index contributed by atoms with van der Waals surface area (Å²) in [5, 5.41) is 8.76. The third-order valence-corrected chi connectivity index (χ3v) is 2.18. The van der Waals surface area contributed by atoms with Crippen molar-refractivity contribution in [2.75, 3.05) is 0 Å². The third kappa shape index (κ3) is 1.48. The predicted molar refractivity (Wildman–Crippen MR) is 50.0 cm³/mol. The van der Waals surface area contributed by atoms with Crippen molar-refractivity contribution in [2.45, 2.75) is 27.2 Å². The second-order valence-electron chi connectivity index (χ2n) is 3.06. The normalized spacial score (nSPS) is 9.50. The first-order valence-electron chi connectivity index (χ1n) is 4.19. The highest BCUT2D eigenvalue weighted by Crippen LogP contribution is 2.15. The van der Waals surface area contributed by atoms with Crippen molar-refractivity contribution in [1.29, 1.82) is 5.26 Å². The minimum Gasteiger partial charge on any atom is -0.192 e. The van der Waals surface area contributed by atoms with Crippen LogP contribution in [-0.4, -0.2) is 0 Å². The average Bonchev–Trinajstić information content (AvgIpc) is 2.08. The molecule has 0 unspecified atom stereocenters. The molecular weight excluding hydrogens is 146 g/mol. The zero-order valence-electron chi connectivity index (χ0n) is 7.81. The van der Waals surface area contributed by atoms with E-state index in [0.717, 1.165) is 17.5 Å². The lowest BCUT2D eigenvalue weighted by molar-refractivity contribution is 1.10. The van der Waals surface area contributed by atoms with Crippen LogP contribution in [0.3, 0.4) is 0 Å². The van der Waals surface area contributed by atoms with E-state index < -0.39 is 0 Å². The fraction of sp³-hybridized carbons (Fsp3) is 0.364. The van der Waals surface area contributed by atoms with Gasteiger partial charge in [0.1, 0.15) is 0 Å². The molecule has 1 nitrogen and oxygen atoms in total. The van der Waals surface area contributed by atoms with Crippen LogP contribution in [-0.2, 0) is 6.42 Å². The van der Waals surface area contributed by atoms with Gasteiger partial charge in [-0.25, -0.2) is 0 Å². The third-order valence-electron chi connectivity index (χ3n) is 2.18. The van der Waals surface area contributed by atoms with E-state index in [1.54, 1.807) is 0 Å². The molecule has 0 amide bonds. The van der Waals surface area contributed by atoms with Crippen LogP contribution in [0.15, 0.2) is 12.1 Å². The van der Waals surface area contributed by atoms with Gasteiger partial charge in [0.15, 0.2) is 0 Å². The number of benzene rings is 1. The summed E-state index contributed by atoms with van der Waals surface area (Å²) in [4.78, 5) is 0. The topological polar surface area (TPSA) is 23.8 Å². The molecular formula is C11H13N. The van der Waals surface area contributed by atoms with Crippen LogP contribution in [0.25, 0.3) is 0 Å². The van der Waals surface area contributed by atoms with E-state index in [-0.39, 0.29) is 0 Å². The Bertz CT molecular complexity index is 331. The van der Waals surface area contributed by atoms with Gasteiger partial charge >= 0.3 is 0 Å². The second-order valence-corrected chi connectivity index (χ2v) is 3.06. The predicted octanol–water partition coefficient (Wildman–Crippen LogP) is 2.74. The average molecular weight is 159 g/mol. The summed E-state index contributed by atoms with van der Waals surface area (Å²) < 4.78 is 0. The first-order valence-corrected chi connectivity index (χ1v) is 4.19. The van der Waals surface area contributed by atoms with Gasteiger partial charge in [0, 0.05) is 0 Å². The molecule has 0 radical (unpaired) electrons. The molecule has 62 valence electrons. The summed E-state index contributed by atoms with van der Waals surface area (Å²) in [6, 6.07) is 6.26. The van der Waals surface area contributed by atoms with Gasteiger partial charge in [-0.2, -0.15) is 5.26 Å². The Kier molecular flexibility index (Phi) is 2.50. The van der Waals surface area contributed by atoms with Crippen molar-refractivity contribution < 1.29 is 0 Å². The molecule has 1 heteroatoms. The molecule has 0 saturated heterocycles. The molecule has 0 aliphatic heterocycles. The first kappa shape index (κ1) is 8.80. The molecule has 1 rings (SSSR count). The maximum absolute atomic E-state index is 8.76. The molecule has 0 aromatic heterocycles. The van der Waals surface area contributed by atoms with Crippen LogP contribution in [0.2, 0.25) is 0 Å². The summed E-state index contributed by atoms with van der Waals surface area (Å²) in [6.45, 7) is 6.17. The summed E-state index contributed by atoms with van der Waals surface area (Å²) >= 11 is 0. The van der Waals surface area contributed by atoms with Gasteiger partial charge < -0.3 is 0 Å². The maximum Gasteiger partial charge on any atom is 0.0994 e. The zero-order chi connectivity index (χ0) is 9.14. The van der Waals surface area contributed by atoms with Crippen LogP contribution in [0.4, 0.5) is 0 Å². The van der Waals surface area contributed by atoms with E-state index in [1.807, 2.05) is 13.0 Å². The smallest absolute Gasteiger partial charge is 0.0994 e. The standard InChI is InChI=1S/C11H13N/c1-4-10-5-9(3)11(7-12)6-8(10)2/h5-6H,4H2,1-3H3. The number of rotatable bonds is 1. The van der Waals surface area contributed by atoms with Gasteiger partial charge in [0.05, 0.1) is 11.6 Å². The second kappa shape index (κ2) is 3.40. The molecule has 0 heterocycles. The van der Waals surface area contributed by atoms with Gasteiger partial charge in [-0.3, -0.25) is 0 Å². The summed E-state index contributed by atoms with van der Waals surface area (Å²) in [5.41, 5.74) is 4.44. The Morgan fingerprint density at radius 1 is 1.25 bits per heavy atom. The number of nitrogens with zero attached hydrogens (tertiary/aromatic N) is 1. The first-order chi connectivity index (χ1) is 5.69. The lowest BCUT2D eigenvalue weighted by Gasteiger charge is -2.05. The number of aryl methyl sites for hydroxylation is 3. The van der Waals surface area contributed by atoms with Crippen molar-refractivity contribution in [3.63, 3.8) is 0 Å². The van der Waals surface area contributed by atoms with Crippen molar-refractivity contribution in [1.82, 2.24) is 0 Å². The van der Waals surface area contributed by atoms with Crippen LogP contribution in [0, 0.1) is 25.2 Å². The zero-order valence-corrected chi connectivity index (χ0v) is 7.81. The van der Waals surface area contributed by atoms with E-state index in [9.17, 15) is 0 Å². The van der Waals surface area contributed by atoms with Crippen LogP contribution in [0.5, 0.6) is 0 Å².